The number of carbonyl (C=O) groups is 1. The van der Waals surface area contributed by atoms with E-state index in [9.17, 15) is 4.79 Å². The second-order valence-corrected chi connectivity index (χ2v) is 5.43. The molecule has 2 N–H and O–H groups in total. The summed E-state index contributed by atoms with van der Waals surface area (Å²) in [5.74, 6) is -0.00941. The number of aliphatic hydroxyl groups excluding tert-OH is 1. The smallest absolute Gasteiger partial charge is 0.221 e. The van der Waals surface area contributed by atoms with Gasteiger partial charge in [-0.3, -0.25) is 9.69 Å². The van der Waals surface area contributed by atoms with E-state index in [1.807, 2.05) is 12.1 Å². The van der Waals surface area contributed by atoms with E-state index in [2.05, 4.69) is 16.3 Å². The van der Waals surface area contributed by atoms with Gasteiger partial charge in [-0.2, -0.15) is 0 Å². The molecule has 1 aromatic carbocycles. The molecule has 0 fully saturated rings. The molecule has 0 aromatic heterocycles. The Balaban J connectivity index is 1.95. The summed E-state index contributed by atoms with van der Waals surface area (Å²) in [6.07, 6.45) is 4.12. The maximum Gasteiger partial charge on any atom is 0.221 e. The van der Waals surface area contributed by atoms with Crippen LogP contribution in [0.25, 0.3) is 0 Å². The van der Waals surface area contributed by atoms with Crippen molar-refractivity contribution in [3.63, 3.8) is 0 Å². The summed E-state index contributed by atoms with van der Waals surface area (Å²) in [6.45, 7) is 4.94. The van der Waals surface area contributed by atoms with Gasteiger partial charge >= 0.3 is 0 Å². The molecule has 1 aliphatic heterocycles. The molecule has 0 spiro atoms. The molecule has 0 atom stereocenters. The van der Waals surface area contributed by atoms with Gasteiger partial charge in [-0.25, -0.2) is 0 Å². The number of fused-ring (bicyclic) bond motifs is 1. The Hall–Kier alpha value is -1.39. The SMILES string of the molecule is CC(=O)Nc1cccc2c1CCN(CCCCCO)C2. The van der Waals surface area contributed by atoms with Crippen LogP contribution in [-0.2, 0) is 17.8 Å². The Morgan fingerprint density at radius 1 is 1.35 bits per heavy atom. The summed E-state index contributed by atoms with van der Waals surface area (Å²) < 4.78 is 0. The molecular formula is C16H24N2O2. The lowest BCUT2D eigenvalue weighted by Crippen LogP contribution is -2.32. The van der Waals surface area contributed by atoms with Gasteiger partial charge in [0.15, 0.2) is 0 Å². The maximum absolute atomic E-state index is 11.2. The number of hydrogen-bond donors (Lipinski definition) is 2. The molecule has 4 heteroatoms. The van der Waals surface area contributed by atoms with E-state index in [1.165, 1.54) is 11.1 Å². The number of unbranched alkanes of at least 4 members (excludes halogenated alkanes) is 2. The van der Waals surface area contributed by atoms with Crippen molar-refractivity contribution >= 4 is 11.6 Å². The summed E-state index contributed by atoms with van der Waals surface area (Å²) >= 11 is 0. The van der Waals surface area contributed by atoms with Crippen LogP contribution >= 0.6 is 0 Å². The number of hydrogen-bond acceptors (Lipinski definition) is 3. The van der Waals surface area contributed by atoms with Gasteiger partial charge in [0.1, 0.15) is 0 Å². The minimum absolute atomic E-state index is 0.00941. The van der Waals surface area contributed by atoms with Crippen LogP contribution in [0.2, 0.25) is 0 Å². The van der Waals surface area contributed by atoms with Crippen molar-refractivity contribution in [3.8, 4) is 0 Å². The van der Waals surface area contributed by atoms with Gasteiger partial charge in [-0.05, 0) is 49.4 Å². The van der Waals surface area contributed by atoms with E-state index in [0.717, 1.165) is 51.0 Å². The highest BCUT2D eigenvalue weighted by atomic mass is 16.2. The van der Waals surface area contributed by atoms with Crippen LogP contribution in [-0.4, -0.2) is 35.6 Å². The second-order valence-electron chi connectivity index (χ2n) is 5.43. The molecular weight excluding hydrogens is 252 g/mol. The summed E-state index contributed by atoms with van der Waals surface area (Å²) in [7, 11) is 0. The highest BCUT2D eigenvalue weighted by molar-refractivity contribution is 5.89. The lowest BCUT2D eigenvalue weighted by Gasteiger charge is -2.30. The standard InChI is InChI=1S/C16H24N2O2/c1-13(20)17-16-7-5-6-14-12-18(10-8-15(14)16)9-3-2-4-11-19/h5-7,19H,2-4,8-12H2,1H3,(H,17,20). The molecule has 0 saturated heterocycles. The van der Waals surface area contributed by atoms with Crippen LogP contribution in [0, 0.1) is 0 Å². The number of amides is 1. The van der Waals surface area contributed by atoms with Gasteiger partial charge in [0.05, 0.1) is 0 Å². The Morgan fingerprint density at radius 2 is 2.20 bits per heavy atom. The highest BCUT2D eigenvalue weighted by Gasteiger charge is 2.18. The van der Waals surface area contributed by atoms with Crippen LogP contribution in [0.5, 0.6) is 0 Å². The van der Waals surface area contributed by atoms with E-state index in [0.29, 0.717) is 6.61 Å². The number of rotatable bonds is 6. The van der Waals surface area contributed by atoms with Crippen LogP contribution in [0.4, 0.5) is 5.69 Å². The fourth-order valence-electron chi connectivity index (χ4n) is 2.79. The third kappa shape index (κ3) is 4.05. The Labute approximate surface area is 120 Å². The van der Waals surface area contributed by atoms with Gasteiger partial charge in [0, 0.05) is 32.3 Å². The number of benzene rings is 1. The number of nitrogens with zero attached hydrogens (tertiary/aromatic N) is 1. The van der Waals surface area contributed by atoms with E-state index >= 15 is 0 Å². The predicted molar refractivity (Wildman–Crippen MR) is 80.7 cm³/mol. The summed E-state index contributed by atoms with van der Waals surface area (Å²) in [5, 5.41) is 11.7. The first-order chi connectivity index (χ1) is 9.70. The van der Waals surface area contributed by atoms with E-state index in [1.54, 1.807) is 6.92 Å². The van der Waals surface area contributed by atoms with Crippen molar-refractivity contribution in [1.29, 1.82) is 0 Å². The zero-order valence-corrected chi connectivity index (χ0v) is 12.2. The molecule has 20 heavy (non-hydrogen) atoms. The van der Waals surface area contributed by atoms with Crippen molar-refractivity contribution in [2.24, 2.45) is 0 Å². The molecule has 0 bridgehead atoms. The minimum atomic E-state index is -0.00941. The molecule has 110 valence electrons. The highest BCUT2D eigenvalue weighted by Crippen LogP contribution is 2.26. The van der Waals surface area contributed by atoms with Crippen molar-refractivity contribution < 1.29 is 9.90 Å². The lowest BCUT2D eigenvalue weighted by atomic mass is 9.97. The monoisotopic (exact) mass is 276 g/mol. The first kappa shape index (κ1) is 15.0. The molecule has 0 saturated carbocycles. The van der Waals surface area contributed by atoms with Gasteiger partial charge < -0.3 is 10.4 Å². The summed E-state index contributed by atoms with van der Waals surface area (Å²) in [5.41, 5.74) is 3.58. The van der Waals surface area contributed by atoms with Gasteiger partial charge in [-0.1, -0.05) is 12.1 Å². The van der Waals surface area contributed by atoms with Gasteiger partial charge in [-0.15, -0.1) is 0 Å². The molecule has 0 unspecified atom stereocenters. The first-order valence-corrected chi connectivity index (χ1v) is 7.42. The number of aliphatic hydroxyl groups is 1. The first-order valence-electron chi connectivity index (χ1n) is 7.42. The third-order valence-corrected chi connectivity index (χ3v) is 3.79. The number of carbonyl (C=O) groups excluding carboxylic acids is 1. The van der Waals surface area contributed by atoms with Crippen molar-refractivity contribution in [2.45, 2.75) is 39.2 Å². The number of nitrogens with one attached hydrogen (secondary N) is 1. The van der Waals surface area contributed by atoms with Crippen molar-refractivity contribution in [2.75, 3.05) is 25.0 Å². The van der Waals surface area contributed by atoms with Gasteiger partial charge in [0.2, 0.25) is 5.91 Å². The fourth-order valence-corrected chi connectivity index (χ4v) is 2.79. The molecule has 2 rings (SSSR count). The molecule has 0 aliphatic carbocycles. The molecule has 1 aliphatic rings. The topological polar surface area (TPSA) is 52.6 Å². The summed E-state index contributed by atoms with van der Waals surface area (Å²) in [6, 6.07) is 6.15. The Morgan fingerprint density at radius 3 is 2.95 bits per heavy atom. The van der Waals surface area contributed by atoms with E-state index < -0.39 is 0 Å². The van der Waals surface area contributed by atoms with E-state index in [4.69, 9.17) is 5.11 Å². The van der Waals surface area contributed by atoms with Crippen LogP contribution in [0.3, 0.4) is 0 Å². The molecule has 1 heterocycles. The zero-order valence-electron chi connectivity index (χ0n) is 12.2. The average Bonchev–Trinajstić information content (AvgIpc) is 2.43. The van der Waals surface area contributed by atoms with E-state index in [-0.39, 0.29) is 5.91 Å². The molecule has 0 radical (unpaired) electrons. The number of anilines is 1. The zero-order chi connectivity index (χ0) is 14.4. The van der Waals surface area contributed by atoms with Crippen molar-refractivity contribution in [1.82, 2.24) is 4.90 Å². The quantitative estimate of drug-likeness (QED) is 0.783. The Kier molecular flexibility index (Phi) is 5.56. The largest absolute Gasteiger partial charge is 0.396 e. The van der Waals surface area contributed by atoms with Crippen LogP contribution < -0.4 is 5.32 Å². The summed E-state index contributed by atoms with van der Waals surface area (Å²) in [4.78, 5) is 13.7. The van der Waals surface area contributed by atoms with Gasteiger partial charge in [0.25, 0.3) is 0 Å². The predicted octanol–water partition coefficient (Wildman–Crippen LogP) is 2.17. The minimum Gasteiger partial charge on any atom is -0.396 e. The Bertz CT molecular complexity index is 460. The average molecular weight is 276 g/mol. The lowest BCUT2D eigenvalue weighted by molar-refractivity contribution is -0.114. The fraction of sp³-hybridized carbons (Fsp3) is 0.562. The third-order valence-electron chi connectivity index (χ3n) is 3.79. The molecule has 4 nitrogen and oxygen atoms in total. The molecule has 1 aromatic rings. The molecule has 1 amide bonds. The normalized spacial score (nSPS) is 14.9. The van der Waals surface area contributed by atoms with Crippen LogP contribution in [0.1, 0.15) is 37.3 Å². The van der Waals surface area contributed by atoms with Crippen molar-refractivity contribution in [3.05, 3.63) is 29.3 Å². The maximum atomic E-state index is 11.2. The second kappa shape index (κ2) is 7.41. The van der Waals surface area contributed by atoms with Crippen LogP contribution in [0.15, 0.2) is 18.2 Å².